The molecular weight excluding hydrogens is 256 g/mol. The lowest BCUT2D eigenvalue weighted by Gasteiger charge is -2.15. The number of nitrogens with one attached hydrogen (secondary N) is 1. The van der Waals surface area contributed by atoms with Crippen LogP contribution in [0.4, 0.5) is 0 Å². The Kier molecular flexibility index (Phi) is 7.43. The molecule has 5 heteroatoms. The number of hydrogen-bond donors (Lipinski definition) is 1. The van der Waals surface area contributed by atoms with Crippen molar-refractivity contribution in [2.45, 2.75) is 20.3 Å². The zero-order valence-corrected chi connectivity index (χ0v) is 12.5. The van der Waals surface area contributed by atoms with Gasteiger partial charge in [0.2, 0.25) is 0 Å². The van der Waals surface area contributed by atoms with Crippen LogP contribution in [-0.4, -0.2) is 38.0 Å². The van der Waals surface area contributed by atoms with Gasteiger partial charge in [-0.05, 0) is 32.0 Å². The molecule has 0 radical (unpaired) electrons. The molecular formula is C12H21ClN2OS. The van der Waals surface area contributed by atoms with Crippen LogP contribution in [0.25, 0.3) is 0 Å². The summed E-state index contributed by atoms with van der Waals surface area (Å²) in [5.41, 5.74) is 1.29. The first-order chi connectivity index (χ1) is 7.60. The van der Waals surface area contributed by atoms with Crippen LogP contribution in [-0.2, 0) is 6.42 Å². The normalized spacial score (nSPS) is 9.88. The van der Waals surface area contributed by atoms with Gasteiger partial charge in [0.05, 0.1) is 4.88 Å². The van der Waals surface area contributed by atoms with Gasteiger partial charge in [-0.25, -0.2) is 0 Å². The van der Waals surface area contributed by atoms with Gasteiger partial charge in [0.25, 0.3) is 5.91 Å². The number of amides is 1. The Morgan fingerprint density at radius 2 is 2.18 bits per heavy atom. The van der Waals surface area contributed by atoms with E-state index in [0.29, 0.717) is 0 Å². The van der Waals surface area contributed by atoms with E-state index in [9.17, 15) is 4.79 Å². The van der Waals surface area contributed by atoms with Gasteiger partial charge in [-0.1, -0.05) is 6.92 Å². The van der Waals surface area contributed by atoms with E-state index >= 15 is 0 Å². The molecule has 17 heavy (non-hydrogen) atoms. The number of hydrogen-bond acceptors (Lipinski definition) is 3. The molecule has 0 fully saturated rings. The van der Waals surface area contributed by atoms with E-state index in [0.717, 1.165) is 24.4 Å². The first-order valence-electron chi connectivity index (χ1n) is 5.59. The number of nitrogens with zero attached hydrogens (tertiary/aromatic N) is 1. The predicted molar refractivity (Wildman–Crippen MR) is 76.6 cm³/mol. The van der Waals surface area contributed by atoms with Crippen LogP contribution >= 0.6 is 23.7 Å². The molecule has 1 N–H and O–H groups in total. The zero-order chi connectivity index (χ0) is 12.1. The summed E-state index contributed by atoms with van der Waals surface area (Å²) in [6.45, 7) is 5.77. The molecule has 1 amide bonds. The Bertz CT molecular complexity index is 365. The number of carbonyl (C=O) groups excluding carboxylic acids is 1. The average Bonchev–Trinajstić information content (AvgIpc) is 2.66. The fraction of sp³-hybridized carbons (Fsp3) is 0.583. The van der Waals surface area contributed by atoms with E-state index in [-0.39, 0.29) is 18.3 Å². The smallest absolute Gasteiger partial charge is 0.263 e. The number of thiophene rings is 1. The van der Waals surface area contributed by atoms with Crippen LogP contribution in [0.2, 0.25) is 0 Å². The molecule has 0 aliphatic heterocycles. The van der Waals surface area contributed by atoms with Crippen molar-refractivity contribution in [1.82, 2.24) is 10.2 Å². The maximum atomic E-state index is 12.0. The summed E-state index contributed by atoms with van der Waals surface area (Å²) in [5, 5.41) is 3.04. The molecule has 0 aliphatic carbocycles. The van der Waals surface area contributed by atoms with E-state index in [4.69, 9.17) is 0 Å². The topological polar surface area (TPSA) is 32.3 Å². The third-order valence-corrected chi connectivity index (χ3v) is 3.74. The third-order valence-electron chi connectivity index (χ3n) is 2.66. The van der Waals surface area contributed by atoms with Crippen molar-refractivity contribution in [3.8, 4) is 0 Å². The summed E-state index contributed by atoms with van der Waals surface area (Å²) in [4.78, 5) is 15.9. The Labute approximate surface area is 114 Å². The summed E-state index contributed by atoms with van der Waals surface area (Å²) in [6, 6.07) is 2.03. The molecule has 0 bridgehead atoms. The van der Waals surface area contributed by atoms with E-state index in [2.05, 4.69) is 19.2 Å². The van der Waals surface area contributed by atoms with Gasteiger partial charge >= 0.3 is 0 Å². The largest absolute Gasteiger partial charge is 0.340 e. The van der Waals surface area contributed by atoms with Gasteiger partial charge in [0, 0.05) is 25.0 Å². The zero-order valence-electron chi connectivity index (χ0n) is 10.9. The van der Waals surface area contributed by atoms with Gasteiger partial charge in [-0.2, -0.15) is 0 Å². The van der Waals surface area contributed by atoms with Crippen molar-refractivity contribution < 1.29 is 4.79 Å². The SMILES string of the molecule is CCc1cc(C(=O)N(C)CCNC)sc1C.Cl. The predicted octanol–water partition coefficient (Wildman–Crippen LogP) is 2.33. The molecule has 1 rings (SSSR count). The number of rotatable bonds is 5. The number of carbonyl (C=O) groups is 1. The maximum Gasteiger partial charge on any atom is 0.263 e. The lowest BCUT2D eigenvalue weighted by atomic mass is 10.2. The van der Waals surface area contributed by atoms with Crippen molar-refractivity contribution in [1.29, 1.82) is 0 Å². The van der Waals surface area contributed by atoms with Gasteiger partial charge in [0.15, 0.2) is 0 Å². The Hall–Kier alpha value is -0.580. The Morgan fingerprint density at radius 3 is 2.65 bits per heavy atom. The van der Waals surface area contributed by atoms with Crippen LogP contribution in [0, 0.1) is 6.92 Å². The first kappa shape index (κ1) is 16.4. The molecule has 0 aromatic carbocycles. The van der Waals surface area contributed by atoms with Crippen molar-refractivity contribution in [3.05, 3.63) is 21.4 Å². The molecule has 0 spiro atoms. The quantitative estimate of drug-likeness (QED) is 0.895. The molecule has 1 aromatic rings. The van der Waals surface area contributed by atoms with E-state index in [1.807, 2.05) is 20.2 Å². The highest BCUT2D eigenvalue weighted by atomic mass is 35.5. The first-order valence-corrected chi connectivity index (χ1v) is 6.41. The number of likely N-dealkylation sites (N-methyl/N-ethyl adjacent to an activating group) is 2. The molecule has 0 unspecified atom stereocenters. The van der Waals surface area contributed by atoms with E-state index in [1.54, 1.807) is 16.2 Å². The van der Waals surface area contributed by atoms with Crippen LogP contribution in [0.5, 0.6) is 0 Å². The molecule has 0 saturated heterocycles. The monoisotopic (exact) mass is 276 g/mol. The number of halogens is 1. The fourth-order valence-electron chi connectivity index (χ4n) is 1.55. The van der Waals surface area contributed by atoms with Crippen molar-refractivity contribution in [2.24, 2.45) is 0 Å². The summed E-state index contributed by atoms with van der Waals surface area (Å²) in [6.07, 6.45) is 0.996. The fourth-order valence-corrected chi connectivity index (χ4v) is 2.65. The summed E-state index contributed by atoms with van der Waals surface area (Å²) in [7, 11) is 3.74. The molecule has 0 saturated carbocycles. The van der Waals surface area contributed by atoms with E-state index < -0.39 is 0 Å². The van der Waals surface area contributed by atoms with Crippen molar-refractivity contribution in [2.75, 3.05) is 27.2 Å². The van der Waals surface area contributed by atoms with Crippen LogP contribution < -0.4 is 5.32 Å². The summed E-state index contributed by atoms with van der Waals surface area (Å²) in [5.74, 6) is 0.128. The molecule has 98 valence electrons. The Morgan fingerprint density at radius 1 is 1.53 bits per heavy atom. The summed E-state index contributed by atoms with van der Waals surface area (Å²) >= 11 is 1.60. The lowest BCUT2D eigenvalue weighted by molar-refractivity contribution is 0.0801. The highest BCUT2D eigenvalue weighted by molar-refractivity contribution is 7.14. The molecule has 0 atom stereocenters. The van der Waals surface area contributed by atoms with Crippen LogP contribution in [0.1, 0.15) is 27.0 Å². The summed E-state index contributed by atoms with van der Waals surface area (Å²) < 4.78 is 0. The van der Waals surface area contributed by atoms with Gasteiger partial charge in [0.1, 0.15) is 0 Å². The minimum Gasteiger partial charge on any atom is -0.340 e. The molecule has 0 aliphatic rings. The standard InChI is InChI=1S/C12H20N2OS.ClH/c1-5-10-8-11(16-9(10)2)12(15)14(4)7-6-13-3;/h8,13H,5-7H2,1-4H3;1H. The third kappa shape index (κ3) is 4.30. The molecule has 3 nitrogen and oxygen atoms in total. The van der Waals surface area contributed by atoms with Crippen LogP contribution in [0.15, 0.2) is 6.07 Å². The second-order valence-electron chi connectivity index (χ2n) is 3.88. The second kappa shape index (κ2) is 7.69. The minimum absolute atomic E-state index is 0. The number of aryl methyl sites for hydroxylation is 2. The molecule has 1 aromatic heterocycles. The molecule has 1 heterocycles. The van der Waals surface area contributed by atoms with Crippen LogP contribution in [0.3, 0.4) is 0 Å². The highest BCUT2D eigenvalue weighted by Crippen LogP contribution is 2.22. The lowest BCUT2D eigenvalue weighted by Crippen LogP contribution is -2.32. The minimum atomic E-state index is 0. The highest BCUT2D eigenvalue weighted by Gasteiger charge is 2.15. The van der Waals surface area contributed by atoms with Crippen molar-refractivity contribution in [3.63, 3.8) is 0 Å². The van der Waals surface area contributed by atoms with Crippen molar-refractivity contribution >= 4 is 29.7 Å². The van der Waals surface area contributed by atoms with E-state index in [1.165, 1.54) is 10.4 Å². The van der Waals surface area contributed by atoms with Gasteiger partial charge in [-0.3, -0.25) is 4.79 Å². The maximum absolute atomic E-state index is 12.0. The average molecular weight is 277 g/mol. The van der Waals surface area contributed by atoms with Gasteiger partial charge in [-0.15, -0.1) is 23.7 Å². The Balaban J connectivity index is 0.00000256. The second-order valence-corrected chi connectivity index (χ2v) is 5.13. The van der Waals surface area contributed by atoms with Gasteiger partial charge < -0.3 is 10.2 Å².